The summed E-state index contributed by atoms with van der Waals surface area (Å²) in [5, 5.41) is 9.08. The lowest BCUT2D eigenvalue weighted by molar-refractivity contribution is 0.0494. The second-order valence-corrected chi connectivity index (χ2v) is 5.90. The lowest BCUT2D eigenvalue weighted by atomic mass is 9.96. The Morgan fingerprint density at radius 2 is 1.63 bits per heavy atom. The molecule has 27 heavy (non-hydrogen) atoms. The van der Waals surface area contributed by atoms with Gasteiger partial charge in [0.2, 0.25) is 11.5 Å². The van der Waals surface area contributed by atoms with E-state index in [1.54, 1.807) is 6.92 Å². The molecule has 0 unspecified atom stereocenters. The molecule has 0 saturated carbocycles. The molecule has 0 aliphatic carbocycles. The van der Waals surface area contributed by atoms with E-state index in [9.17, 15) is 4.79 Å². The molecule has 0 aliphatic rings. The Kier molecular flexibility index (Phi) is 4.30. The largest absolute Gasteiger partial charge is 0.460 e. The van der Waals surface area contributed by atoms with Crippen LogP contribution in [0.15, 0.2) is 65.1 Å². The number of furan rings is 1. The first kappa shape index (κ1) is 16.8. The first-order valence-electron chi connectivity index (χ1n) is 8.57. The number of hydrogen-bond acceptors (Lipinski definition) is 6. The second-order valence-electron chi connectivity index (χ2n) is 5.90. The topological polar surface area (TPSA) is 91.2 Å². The zero-order valence-corrected chi connectivity index (χ0v) is 14.7. The van der Waals surface area contributed by atoms with Crippen molar-refractivity contribution in [2.24, 2.45) is 0 Å². The quantitative estimate of drug-likeness (QED) is 0.546. The highest BCUT2D eigenvalue weighted by Crippen LogP contribution is 2.40. The molecule has 0 aliphatic heterocycles. The molecule has 134 valence electrons. The maximum atomic E-state index is 12.2. The highest BCUT2D eigenvalue weighted by Gasteiger charge is 2.26. The Balaban J connectivity index is 2.05. The monoisotopic (exact) mass is 359 g/mol. The zero-order chi connectivity index (χ0) is 18.8. The van der Waals surface area contributed by atoms with E-state index in [1.807, 2.05) is 60.7 Å². The van der Waals surface area contributed by atoms with Gasteiger partial charge in [0.15, 0.2) is 0 Å². The molecule has 0 amide bonds. The van der Waals surface area contributed by atoms with Gasteiger partial charge in [-0.25, -0.2) is 4.79 Å². The Morgan fingerprint density at radius 3 is 2.26 bits per heavy atom. The minimum absolute atomic E-state index is 0.0523. The van der Waals surface area contributed by atoms with Crippen LogP contribution in [-0.4, -0.2) is 22.8 Å². The number of aromatic nitrogens is 2. The Hall–Kier alpha value is -3.67. The van der Waals surface area contributed by atoms with Gasteiger partial charge in [0.25, 0.3) is 0 Å². The third-order valence-corrected chi connectivity index (χ3v) is 4.22. The van der Waals surface area contributed by atoms with E-state index in [0.29, 0.717) is 11.1 Å². The molecule has 0 bridgehead atoms. The molecule has 2 aromatic heterocycles. The maximum absolute atomic E-state index is 12.2. The molecule has 4 aromatic rings. The number of rotatable bonds is 4. The molecule has 0 fully saturated rings. The standard InChI is InChI=1S/C21H17N3O3/c1-2-26-21(25)19-17(22)16-15(13-9-5-3-6-10-13)18(23-24-20(16)27-19)14-11-7-4-8-12-14/h3-12H,2,22H2,1H3. The molecule has 6 nitrogen and oxygen atoms in total. The fourth-order valence-electron chi connectivity index (χ4n) is 3.04. The van der Waals surface area contributed by atoms with Crippen molar-refractivity contribution in [1.29, 1.82) is 0 Å². The van der Waals surface area contributed by atoms with Crippen molar-refractivity contribution in [3.63, 3.8) is 0 Å². The molecule has 2 N–H and O–H groups in total. The van der Waals surface area contributed by atoms with Crippen LogP contribution in [0.1, 0.15) is 17.5 Å². The molecular weight excluding hydrogens is 342 g/mol. The van der Waals surface area contributed by atoms with Gasteiger partial charge in [0.1, 0.15) is 5.69 Å². The maximum Gasteiger partial charge on any atom is 0.376 e. The average molecular weight is 359 g/mol. The van der Waals surface area contributed by atoms with Gasteiger partial charge in [-0.15, -0.1) is 10.2 Å². The number of nitrogen functional groups attached to an aromatic ring is 1. The number of carbonyl (C=O) groups is 1. The van der Waals surface area contributed by atoms with Crippen LogP contribution in [0.25, 0.3) is 33.5 Å². The van der Waals surface area contributed by atoms with Gasteiger partial charge in [0.05, 0.1) is 17.7 Å². The van der Waals surface area contributed by atoms with Crippen molar-refractivity contribution in [2.75, 3.05) is 12.3 Å². The minimum atomic E-state index is -0.617. The van der Waals surface area contributed by atoms with E-state index in [0.717, 1.165) is 16.7 Å². The molecule has 0 spiro atoms. The highest BCUT2D eigenvalue weighted by molar-refractivity contribution is 6.10. The summed E-state index contributed by atoms with van der Waals surface area (Å²) in [5.41, 5.74) is 9.92. The van der Waals surface area contributed by atoms with Crippen LogP contribution in [0.2, 0.25) is 0 Å². The summed E-state index contributed by atoms with van der Waals surface area (Å²) >= 11 is 0. The van der Waals surface area contributed by atoms with Gasteiger partial charge in [-0.3, -0.25) is 0 Å². The molecule has 2 heterocycles. The Bertz CT molecular complexity index is 1110. The highest BCUT2D eigenvalue weighted by atomic mass is 16.5. The van der Waals surface area contributed by atoms with Crippen LogP contribution >= 0.6 is 0 Å². The van der Waals surface area contributed by atoms with Crippen molar-refractivity contribution in [3.05, 3.63) is 66.4 Å². The van der Waals surface area contributed by atoms with Crippen LogP contribution in [0.3, 0.4) is 0 Å². The summed E-state index contributed by atoms with van der Waals surface area (Å²) in [5.74, 6) is -0.670. The van der Waals surface area contributed by atoms with Gasteiger partial charge in [-0.05, 0) is 12.5 Å². The lowest BCUT2D eigenvalue weighted by Gasteiger charge is -2.10. The van der Waals surface area contributed by atoms with E-state index in [1.165, 1.54) is 0 Å². The van der Waals surface area contributed by atoms with Crippen molar-refractivity contribution < 1.29 is 13.9 Å². The fourth-order valence-corrected chi connectivity index (χ4v) is 3.04. The molecule has 2 aromatic carbocycles. The minimum Gasteiger partial charge on any atom is -0.460 e. The molecule has 0 atom stereocenters. The van der Waals surface area contributed by atoms with Crippen molar-refractivity contribution in [1.82, 2.24) is 10.2 Å². The van der Waals surface area contributed by atoms with Gasteiger partial charge in [-0.2, -0.15) is 0 Å². The van der Waals surface area contributed by atoms with E-state index in [-0.39, 0.29) is 23.8 Å². The molecule has 4 rings (SSSR count). The van der Waals surface area contributed by atoms with Gasteiger partial charge < -0.3 is 14.9 Å². The summed E-state index contributed by atoms with van der Waals surface area (Å²) < 4.78 is 10.6. The van der Waals surface area contributed by atoms with Crippen LogP contribution < -0.4 is 5.73 Å². The first-order chi connectivity index (χ1) is 13.2. The van der Waals surface area contributed by atoms with Crippen LogP contribution in [0, 0.1) is 0 Å². The van der Waals surface area contributed by atoms with E-state index in [2.05, 4.69) is 10.2 Å². The second kappa shape index (κ2) is 6.92. The summed E-state index contributed by atoms with van der Waals surface area (Å²) in [6, 6.07) is 19.4. The van der Waals surface area contributed by atoms with Crippen molar-refractivity contribution in [3.8, 4) is 22.4 Å². The fraction of sp³-hybridized carbons (Fsp3) is 0.0952. The summed E-state index contributed by atoms with van der Waals surface area (Å²) in [6.45, 7) is 1.95. The summed E-state index contributed by atoms with van der Waals surface area (Å²) in [7, 11) is 0. The number of nitrogens with zero attached hydrogens (tertiary/aromatic N) is 2. The number of esters is 1. The van der Waals surface area contributed by atoms with Gasteiger partial charge >= 0.3 is 5.97 Å². The van der Waals surface area contributed by atoms with Crippen LogP contribution in [0.4, 0.5) is 5.69 Å². The predicted molar refractivity (Wildman–Crippen MR) is 103 cm³/mol. The Morgan fingerprint density at radius 1 is 1.00 bits per heavy atom. The third-order valence-electron chi connectivity index (χ3n) is 4.22. The van der Waals surface area contributed by atoms with E-state index >= 15 is 0 Å². The lowest BCUT2D eigenvalue weighted by Crippen LogP contribution is -2.05. The first-order valence-corrected chi connectivity index (χ1v) is 8.57. The van der Waals surface area contributed by atoms with Crippen LogP contribution in [0.5, 0.6) is 0 Å². The predicted octanol–water partition coefficient (Wildman–Crippen LogP) is 4.32. The van der Waals surface area contributed by atoms with Crippen molar-refractivity contribution in [2.45, 2.75) is 6.92 Å². The number of nitrogens with two attached hydrogens (primary N) is 1. The zero-order valence-electron chi connectivity index (χ0n) is 14.7. The number of ether oxygens (including phenoxy) is 1. The van der Waals surface area contributed by atoms with Crippen LogP contribution in [-0.2, 0) is 4.74 Å². The van der Waals surface area contributed by atoms with E-state index in [4.69, 9.17) is 14.9 Å². The van der Waals surface area contributed by atoms with Gasteiger partial charge in [0, 0.05) is 11.1 Å². The molecule has 0 radical (unpaired) electrons. The average Bonchev–Trinajstić information content (AvgIpc) is 3.06. The number of benzene rings is 2. The van der Waals surface area contributed by atoms with E-state index < -0.39 is 5.97 Å². The van der Waals surface area contributed by atoms with Gasteiger partial charge in [-0.1, -0.05) is 60.7 Å². The molecule has 0 saturated heterocycles. The molecule has 6 heteroatoms. The normalized spacial score (nSPS) is 10.9. The Labute approximate surface area is 155 Å². The number of anilines is 1. The number of carbonyl (C=O) groups excluding carboxylic acids is 1. The smallest absolute Gasteiger partial charge is 0.376 e. The summed E-state index contributed by atoms with van der Waals surface area (Å²) in [6.07, 6.45) is 0. The van der Waals surface area contributed by atoms with Crippen molar-refractivity contribution >= 4 is 22.8 Å². The number of fused-ring (bicyclic) bond motifs is 1. The SMILES string of the molecule is CCOC(=O)c1oc2nnc(-c3ccccc3)c(-c3ccccc3)c2c1N. The number of hydrogen-bond donors (Lipinski definition) is 1. The third kappa shape index (κ3) is 2.91. The molecular formula is C21H17N3O3. The summed E-state index contributed by atoms with van der Waals surface area (Å²) in [4.78, 5) is 12.2.